The summed E-state index contributed by atoms with van der Waals surface area (Å²) in [5.74, 6) is -1.33. The van der Waals surface area contributed by atoms with E-state index in [-0.39, 0.29) is 18.6 Å². The van der Waals surface area contributed by atoms with Gasteiger partial charge in [0.1, 0.15) is 0 Å². The van der Waals surface area contributed by atoms with Crippen LogP contribution >= 0.6 is 0 Å². The summed E-state index contributed by atoms with van der Waals surface area (Å²) in [6.45, 7) is 1.57. The molecule has 70 valence electrons. The summed E-state index contributed by atoms with van der Waals surface area (Å²) in [4.78, 5) is 10.5. The Morgan fingerprint density at radius 1 is 1.50 bits per heavy atom. The van der Waals surface area contributed by atoms with Crippen molar-refractivity contribution in [2.75, 3.05) is 5.75 Å². The molecule has 0 amide bonds. The molecule has 0 saturated carbocycles. The summed E-state index contributed by atoms with van der Waals surface area (Å²) >= 11 is 0. The zero-order valence-electron chi connectivity index (χ0n) is 6.86. The first-order valence-electron chi connectivity index (χ1n) is 3.88. The standard InChI is InChI=1S/C7H12O4S/c1-5-4-6(7(8)9)2-3-12(5,10)11/h5-6H,2-4H2,1H3,(H,8,9). The lowest BCUT2D eigenvalue weighted by molar-refractivity contribution is -0.142. The minimum Gasteiger partial charge on any atom is -0.481 e. The minimum absolute atomic E-state index is 0.0190. The van der Waals surface area contributed by atoms with Gasteiger partial charge in [-0.25, -0.2) is 8.42 Å². The normalized spacial score (nSPS) is 34.4. The maximum Gasteiger partial charge on any atom is 0.306 e. The number of carboxylic acids is 1. The Hall–Kier alpha value is -0.580. The van der Waals surface area contributed by atoms with Crippen molar-refractivity contribution in [1.82, 2.24) is 0 Å². The minimum atomic E-state index is -2.99. The number of aliphatic carboxylic acids is 1. The Morgan fingerprint density at radius 3 is 2.50 bits per heavy atom. The summed E-state index contributed by atoms with van der Waals surface area (Å²) in [6.07, 6.45) is 0.527. The molecule has 0 radical (unpaired) electrons. The molecule has 0 spiro atoms. The molecule has 0 bridgehead atoms. The molecule has 1 N–H and O–H groups in total. The molecule has 2 unspecified atom stereocenters. The highest BCUT2D eigenvalue weighted by molar-refractivity contribution is 7.92. The molecule has 1 aliphatic heterocycles. The van der Waals surface area contributed by atoms with E-state index in [0.717, 1.165) is 0 Å². The largest absolute Gasteiger partial charge is 0.481 e. The molecule has 1 rings (SSSR count). The first-order chi connectivity index (χ1) is 5.43. The van der Waals surface area contributed by atoms with Gasteiger partial charge in [-0.1, -0.05) is 0 Å². The Morgan fingerprint density at radius 2 is 2.08 bits per heavy atom. The van der Waals surface area contributed by atoms with Crippen LogP contribution in [0.5, 0.6) is 0 Å². The van der Waals surface area contributed by atoms with Crippen LogP contribution in [-0.4, -0.2) is 30.5 Å². The van der Waals surface area contributed by atoms with Gasteiger partial charge in [-0.05, 0) is 19.8 Å². The monoisotopic (exact) mass is 192 g/mol. The molecule has 1 fully saturated rings. The zero-order valence-corrected chi connectivity index (χ0v) is 7.67. The highest BCUT2D eigenvalue weighted by Gasteiger charge is 2.33. The van der Waals surface area contributed by atoms with Gasteiger partial charge in [0, 0.05) is 0 Å². The molecule has 1 aliphatic rings. The van der Waals surface area contributed by atoms with E-state index in [0.29, 0.717) is 0 Å². The van der Waals surface area contributed by atoms with Gasteiger partial charge < -0.3 is 5.11 Å². The van der Waals surface area contributed by atoms with Crippen molar-refractivity contribution in [3.05, 3.63) is 0 Å². The van der Waals surface area contributed by atoms with Gasteiger partial charge in [-0.15, -0.1) is 0 Å². The van der Waals surface area contributed by atoms with Crippen molar-refractivity contribution in [3.8, 4) is 0 Å². The van der Waals surface area contributed by atoms with Crippen molar-refractivity contribution in [2.24, 2.45) is 5.92 Å². The lowest BCUT2D eigenvalue weighted by Gasteiger charge is -2.23. The van der Waals surface area contributed by atoms with E-state index >= 15 is 0 Å². The molecular formula is C7H12O4S. The summed E-state index contributed by atoms with van der Waals surface area (Å²) < 4.78 is 22.3. The van der Waals surface area contributed by atoms with Gasteiger partial charge in [-0.2, -0.15) is 0 Å². The molecule has 4 nitrogen and oxygen atoms in total. The summed E-state index contributed by atoms with van der Waals surface area (Å²) in [7, 11) is -2.99. The number of sulfone groups is 1. The first-order valence-corrected chi connectivity index (χ1v) is 5.59. The van der Waals surface area contributed by atoms with Gasteiger partial charge in [0.25, 0.3) is 0 Å². The number of hydrogen-bond acceptors (Lipinski definition) is 3. The van der Waals surface area contributed by atoms with E-state index in [1.165, 1.54) is 0 Å². The van der Waals surface area contributed by atoms with Crippen molar-refractivity contribution in [1.29, 1.82) is 0 Å². The van der Waals surface area contributed by atoms with Crippen LogP contribution in [0.15, 0.2) is 0 Å². The fourth-order valence-corrected chi connectivity index (χ4v) is 2.94. The van der Waals surface area contributed by atoms with E-state index in [1.54, 1.807) is 6.92 Å². The second kappa shape index (κ2) is 3.05. The third-order valence-corrected chi connectivity index (χ3v) is 4.55. The third-order valence-electron chi connectivity index (χ3n) is 2.33. The quantitative estimate of drug-likeness (QED) is 0.648. The van der Waals surface area contributed by atoms with Crippen LogP contribution < -0.4 is 0 Å². The van der Waals surface area contributed by atoms with E-state index in [1.807, 2.05) is 0 Å². The van der Waals surface area contributed by atoms with Crippen LogP contribution in [-0.2, 0) is 14.6 Å². The Kier molecular flexibility index (Phi) is 2.41. The molecule has 0 aliphatic carbocycles. The third kappa shape index (κ3) is 1.77. The van der Waals surface area contributed by atoms with Crippen molar-refractivity contribution in [2.45, 2.75) is 25.0 Å². The fraction of sp³-hybridized carbons (Fsp3) is 0.857. The Bertz CT molecular complexity index is 280. The second-order valence-corrected chi connectivity index (χ2v) is 5.78. The smallest absolute Gasteiger partial charge is 0.306 e. The predicted molar refractivity (Wildman–Crippen MR) is 43.6 cm³/mol. The topological polar surface area (TPSA) is 71.4 Å². The number of rotatable bonds is 1. The summed E-state index contributed by atoms with van der Waals surface area (Å²) in [5, 5.41) is 8.14. The predicted octanol–water partition coefficient (Wildman–Crippen LogP) is 0.284. The summed E-state index contributed by atoms with van der Waals surface area (Å²) in [5.41, 5.74) is 0. The van der Waals surface area contributed by atoms with Crippen LogP contribution in [0.25, 0.3) is 0 Å². The van der Waals surface area contributed by atoms with Crippen LogP contribution in [0.4, 0.5) is 0 Å². The van der Waals surface area contributed by atoms with Crippen molar-refractivity contribution >= 4 is 15.8 Å². The highest BCUT2D eigenvalue weighted by atomic mass is 32.2. The maximum atomic E-state index is 11.2. The summed E-state index contributed by atoms with van der Waals surface area (Å²) in [6, 6.07) is 0. The fourth-order valence-electron chi connectivity index (χ4n) is 1.40. The zero-order chi connectivity index (χ0) is 9.35. The number of carboxylic acid groups (broad SMARTS) is 1. The van der Waals surface area contributed by atoms with E-state index in [4.69, 9.17) is 5.11 Å². The first kappa shape index (κ1) is 9.51. The van der Waals surface area contributed by atoms with Crippen LogP contribution in [0.1, 0.15) is 19.8 Å². The van der Waals surface area contributed by atoms with Gasteiger partial charge >= 0.3 is 5.97 Å². The van der Waals surface area contributed by atoms with Gasteiger partial charge in [0.05, 0.1) is 16.9 Å². The maximum absolute atomic E-state index is 11.2. The van der Waals surface area contributed by atoms with E-state index < -0.39 is 27.0 Å². The number of carbonyl (C=O) groups is 1. The molecule has 2 atom stereocenters. The van der Waals surface area contributed by atoms with Gasteiger partial charge in [0.2, 0.25) is 0 Å². The molecule has 0 aromatic heterocycles. The van der Waals surface area contributed by atoms with E-state index in [9.17, 15) is 13.2 Å². The average Bonchev–Trinajstić information content (AvgIpc) is 1.94. The number of hydrogen-bond donors (Lipinski definition) is 1. The molecule has 0 aromatic carbocycles. The molecule has 12 heavy (non-hydrogen) atoms. The van der Waals surface area contributed by atoms with Crippen LogP contribution in [0.2, 0.25) is 0 Å². The Balaban J connectivity index is 2.71. The highest BCUT2D eigenvalue weighted by Crippen LogP contribution is 2.24. The molecular weight excluding hydrogens is 180 g/mol. The van der Waals surface area contributed by atoms with Crippen molar-refractivity contribution in [3.63, 3.8) is 0 Å². The SMILES string of the molecule is CC1CC(C(=O)O)CCS1(=O)=O. The lowest BCUT2D eigenvalue weighted by Crippen LogP contribution is -2.34. The van der Waals surface area contributed by atoms with Crippen molar-refractivity contribution < 1.29 is 18.3 Å². The average molecular weight is 192 g/mol. The molecule has 0 aromatic rings. The van der Waals surface area contributed by atoms with Gasteiger partial charge in [0.15, 0.2) is 9.84 Å². The molecule has 1 heterocycles. The molecule has 1 saturated heterocycles. The van der Waals surface area contributed by atoms with Gasteiger partial charge in [-0.3, -0.25) is 4.79 Å². The van der Waals surface area contributed by atoms with Crippen LogP contribution in [0, 0.1) is 5.92 Å². The Labute approximate surface area is 71.5 Å². The lowest BCUT2D eigenvalue weighted by atomic mass is 10.0. The van der Waals surface area contributed by atoms with Crippen LogP contribution in [0.3, 0.4) is 0 Å². The second-order valence-electron chi connectivity index (χ2n) is 3.24. The molecule has 5 heteroatoms. The van der Waals surface area contributed by atoms with E-state index in [2.05, 4.69) is 0 Å².